The first-order valence-electron chi connectivity index (χ1n) is 12.0. The van der Waals surface area contributed by atoms with E-state index in [1.807, 2.05) is 0 Å². The molecule has 2 aromatic heterocycles. The number of hydrogen-bond acceptors (Lipinski definition) is 6. The van der Waals surface area contributed by atoms with E-state index in [-0.39, 0.29) is 34.7 Å². The van der Waals surface area contributed by atoms with Crippen molar-refractivity contribution < 1.29 is 22.9 Å². The van der Waals surface area contributed by atoms with Crippen LogP contribution in [-0.4, -0.2) is 17.0 Å². The van der Waals surface area contributed by atoms with Gasteiger partial charge in [0.25, 0.3) is 11.8 Å². The summed E-state index contributed by atoms with van der Waals surface area (Å²) in [6.07, 6.45) is 0. The summed E-state index contributed by atoms with van der Waals surface area (Å²) in [6.45, 7) is 1.78. The molecule has 3 aromatic carbocycles. The molecule has 1 unspecified atom stereocenters. The predicted molar refractivity (Wildman–Crippen MR) is 140 cm³/mol. The lowest BCUT2D eigenvalue weighted by atomic mass is 9.84. The highest BCUT2D eigenvalue weighted by Gasteiger charge is 2.66. The third kappa shape index (κ3) is 3.10. The number of carbonyl (C=O) groups excluding carboxylic acids is 2. The van der Waals surface area contributed by atoms with Crippen LogP contribution in [-0.2, 0) is 16.9 Å². The number of anilines is 2. The zero-order valence-corrected chi connectivity index (χ0v) is 21.0. The third-order valence-electron chi connectivity index (χ3n) is 7.18. The van der Waals surface area contributed by atoms with Crippen molar-refractivity contribution in [2.45, 2.75) is 19.0 Å². The van der Waals surface area contributed by atoms with Crippen molar-refractivity contribution in [1.82, 2.24) is 5.16 Å². The van der Waals surface area contributed by atoms with Gasteiger partial charge in [-0.3, -0.25) is 19.3 Å². The highest BCUT2D eigenvalue weighted by molar-refractivity contribution is 6.30. The number of halogens is 2. The number of rotatable bonds is 3. The van der Waals surface area contributed by atoms with Gasteiger partial charge in [0, 0.05) is 16.7 Å². The van der Waals surface area contributed by atoms with Gasteiger partial charge >= 0.3 is 0 Å². The molecule has 1 atom stereocenters. The Labute approximate surface area is 224 Å². The summed E-state index contributed by atoms with van der Waals surface area (Å²) in [5, 5.41) is 4.49. The van der Waals surface area contributed by atoms with Gasteiger partial charge in [-0.25, -0.2) is 4.39 Å². The van der Waals surface area contributed by atoms with Crippen molar-refractivity contribution in [2.75, 3.05) is 9.80 Å². The lowest BCUT2D eigenvalue weighted by Crippen LogP contribution is -2.53. The smallest absolute Gasteiger partial charge is 0.297 e. The monoisotopic (exact) mass is 541 g/mol. The van der Waals surface area contributed by atoms with Crippen LogP contribution in [0.2, 0.25) is 5.02 Å². The van der Waals surface area contributed by atoms with Crippen molar-refractivity contribution in [1.29, 1.82) is 0 Å². The van der Waals surface area contributed by atoms with Crippen LogP contribution in [0.25, 0.3) is 11.0 Å². The second-order valence-corrected chi connectivity index (χ2v) is 9.89. The normalized spacial score (nSPS) is 17.9. The van der Waals surface area contributed by atoms with Gasteiger partial charge in [-0.1, -0.05) is 47.1 Å². The van der Waals surface area contributed by atoms with Crippen LogP contribution in [0.3, 0.4) is 0 Å². The van der Waals surface area contributed by atoms with E-state index in [0.29, 0.717) is 22.0 Å². The Morgan fingerprint density at radius 2 is 1.77 bits per heavy atom. The van der Waals surface area contributed by atoms with E-state index in [9.17, 15) is 18.8 Å². The summed E-state index contributed by atoms with van der Waals surface area (Å²) in [4.78, 5) is 45.5. The van der Waals surface area contributed by atoms with Crippen molar-refractivity contribution in [3.63, 3.8) is 0 Å². The van der Waals surface area contributed by atoms with Gasteiger partial charge in [0.2, 0.25) is 5.76 Å². The van der Waals surface area contributed by atoms with E-state index in [0.717, 1.165) is 22.6 Å². The second kappa shape index (κ2) is 8.12. The SMILES string of the molecule is Cc1cc(N2C(=O)c3oc4ccc(F)cc4c(=O)c3C23C(=O)N(Cc2ccc(Cl)cc2)c2ccccc23)no1. The third-order valence-corrected chi connectivity index (χ3v) is 7.44. The number of aromatic nitrogens is 1. The van der Waals surface area contributed by atoms with Crippen LogP contribution >= 0.6 is 11.6 Å². The maximum Gasteiger partial charge on any atom is 0.297 e. The molecular formula is C29H17ClFN3O5. The average molecular weight is 542 g/mol. The Bertz CT molecular complexity index is 1910. The maximum absolute atomic E-state index is 14.7. The fourth-order valence-corrected chi connectivity index (χ4v) is 5.69. The summed E-state index contributed by atoms with van der Waals surface area (Å²) in [6, 6.07) is 18.9. The molecule has 7 rings (SSSR count). The fraction of sp³-hybridized carbons (Fsp3) is 0.103. The van der Waals surface area contributed by atoms with Crippen LogP contribution in [0.5, 0.6) is 0 Å². The van der Waals surface area contributed by atoms with Crippen LogP contribution in [0.15, 0.2) is 86.5 Å². The molecule has 0 N–H and O–H groups in total. The zero-order valence-electron chi connectivity index (χ0n) is 20.3. The molecule has 8 nitrogen and oxygen atoms in total. The van der Waals surface area contributed by atoms with Gasteiger partial charge < -0.3 is 13.8 Å². The quantitative estimate of drug-likeness (QED) is 0.306. The molecule has 0 aliphatic carbocycles. The molecule has 0 saturated heterocycles. The van der Waals surface area contributed by atoms with Gasteiger partial charge in [-0.05, 0) is 48.9 Å². The minimum atomic E-state index is -1.96. The van der Waals surface area contributed by atoms with Gasteiger partial charge in [0.15, 0.2) is 16.8 Å². The molecule has 0 saturated carbocycles. The van der Waals surface area contributed by atoms with Crippen LogP contribution in [0, 0.1) is 12.7 Å². The van der Waals surface area contributed by atoms with Crippen molar-refractivity contribution in [2.24, 2.45) is 0 Å². The topological polar surface area (TPSA) is 96.9 Å². The van der Waals surface area contributed by atoms with E-state index in [1.165, 1.54) is 17.0 Å². The number of para-hydroxylation sites is 1. The summed E-state index contributed by atoms with van der Waals surface area (Å²) in [5.74, 6) is -1.83. The standard InChI is InChI=1S/C29H17ClFN3O5/c1-15-12-23(32-39-15)34-27(36)26-24(25(35)19-13-18(31)10-11-22(19)38-26)29(34)20-4-2-3-5-21(20)33(28(29)37)14-16-6-8-17(30)9-7-16/h2-13H,14H2,1H3. The fourth-order valence-electron chi connectivity index (χ4n) is 5.57. The Kier molecular flexibility index (Phi) is 4.86. The predicted octanol–water partition coefficient (Wildman–Crippen LogP) is 5.33. The molecular weight excluding hydrogens is 525 g/mol. The molecule has 5 aromatic rings. The maximum atomic E-state index is 14.7. The van der Waals surface area contributed by atoms with Crippen LogP contribution in [0.1, 0.15) is 33.0 Å². The van der Waals surface area contributed by atoms with Gasteiger partial charge in [-0.2, -0.15) is 0 Å². The Morgan fingerprint density at radius 3 is 2.51 bits per heavy atom. The number of fused-ring (bicyclic) bond motifs is 5. The van der Waals surface area contributed by atoms with E-state index < -0.39 is 28.6 Å². The Balaban J connectivity index is 1.56. The van der Waals surface area contributed by atoms with Gasteiger partial charge in [-0.15, -0.1) is 0 Å². The zero-order chi connectivity index (χ0) is 27.1. The highest BCUT2D eigenvalue weighted by atomic mass is 35.5. The van der Waals surface area contributed by atoms with E-state index in [2.05, 4.69) is 5.16 Å². The number of hydrogen-bond donors (Lipinski definition) is 0. The lowest BCUT2D eigenvalue weighted by Gasteiger charge is -2.32. The summed E-state index contributed by atoms with van der Waals surface area (Å²) in [5.41, 5.74) is -1.14. The minimum Gasteiger partial charge on any atom is -0.450 e. The molecule has 0 fully saturated rings. The van der Waals surface area contributed by atoms with Crippen LogP contribution < -0.4 is 15.2 Å². The molecule has 10 heteroatoms. The highest BCUT2D eigenvalue weighted by Crippen LogP contribution is 2.54. The van der Waals surface area contributed by atoms with Gasteiger partial charge in [0.05, 0.1) is 23.2 Å². The summed E-state index contributed by atoms with van der Waals surface area (Å²) >= 11 is 6.06. The molecule has 2 aliphatic heterocycles. The molecule has 192 valence electrons. The van der Waals surface area contributed by atoms with Crippen LogP contribution in [0.4, 0.5) is 15.9 Å². The molecule has 39 heavy (non-hydrogen) atoms. The number of amides is 2. The molecule has 1 spiro atoms. The average Bonchev–Trinajstić information content (AvgIpc) is 3.54. The molecule has 2 amide bonds. The molecule has 4 heterocycles. The van der Waals surface area contributed by atoms with Crippen molar-refractivity contribution >= 4 is 45.9 Å². The number of aryl methyl sites for hydroxylation is 1. The first-order chi connectivity index (χ1) is 18.8. The van der Waals surface area contributed by atoms with E-state index >= 15 is 0 Å². The number of nitrogens with zero attached hydrogens (tertiary/aromatic N) is 3. The largest absolute Gasteiger partial charge is 0.450 e. The van der Waals surface area contributed by atoms with E-state index in [1.54, 1.807) is 55.5 Å². The Morgan fingerprint density at radius 1 is 1.00 bits per heavy atom. The first kappa shape index (κ1) is 23.4. The number of carbonyl (C=O) groups is 2. The number of benzene rings is 3. The van der Waals surface area contributed by atoms with E-state index in [4.69, 9.17) is 20.5 Å². The van der Waals surface area contributed by atoms with Crippen molar-refractivity contribution in [3.05, 3.63) is 122 Å². The summed E-state index contributed by atoms with van der Waals surface area (Å²) < 4.78 is 25.4. The Hall–Kier alpha value is -4.76. The molecule has 0 radical (unpaired) electrons. The molecule has 2 aliphatic rings. The molecule has 0 bridgehead atoms. The van der Waals surface area contributed by atoms with Gasteiger partial charge in [0.1, 0.15) is 17.2 Å². The lowest BCUT2D eigenvalue weighted by molar-refractivity contribution is -0.121. The first-order valence-corrected chi connectivity index (χ1v) is 12.4. The van der Waals surface area contributed by atoms with Crippen molar-refractivity contribution in [3.8, 4) is 0 Å². The second-order valence-electron chi connectivity index (χ2n) is 9.46. The summed E-state index contributed by atoms with van der Waals surface area (Å²) in [7, 11) is 0. The minimum absolute atomic E-state index is 0.0265.